The molecular formula is C16H30N2O2. The zero-order chi connectivity index (χ0) is 14.0. The minimum absolute atomic E-state index is 0.263. The smallest absolute Gasteiger partial charge is 0.170 e. The van der Waals surface area contributed by atoms with Crippen molar-refractivity contribution in [3.8, 4) is 0 Å². The summed E-state index contributed by atoms with van der Waals surface area (Å²) in [4.78, 5) is 2.68. The monoisotopic (exact) mass is 282 g/mol. The van der Waals surface area contributed by atoms with E-state index < -0.39 is 0 Å². The summed E-state index contributed by atoms with van der Waals surface area (Å²) < 4.78 is 11.9. The molecule has 1 spiro atoms. The lowest BCUT2D eigenvalue weighted by Gasteiger charge is -2.45. The quantitative estimate of drug-likeness (QED) is 0.855. The maximum Gasteiger partial charge on any atom is 0.170 e. The third-order valence-electron chi connectivity index (χ3n) is 5.22. The van der Waals surface area contributed by atoms with Crippen molar-refractivity contribution in [2.24, 2.45) is 5.92 Å². The molecule has 3 fully saturated rings. The molecule has 1 aliphatic carbocycles. The van der Waals surface area contributed by atoms with E-state index in [1.54, 1.807) is 0 Å². The van der Waals surface area contributed by atoms with Gasteiger partial charge in [-0.3, -0.25) is 4.90 Å². The highest BCUT2D eigenvalue weighted by molar-refractivity contribution is 4.98. The van der Waals surface area contributed by atoms with Crippen LogP contribution in [0.2, 0.25) is 0 Å². The summed E-state index contributed by atoms with van der Waals surface area (Å²) in [7, 11) is 0. The number of nitrogens with one attached hydrogen (secondary N) is 1. The number of rotatable bonds is 4. The SMILES string of the molecule is CCCNC1CCC2(CC1N1CCC(C)C1)OCCO2. The van der Waals surface area contributed by atoms with E-state index in [1.807, 2.05) is 0 Å². The van der Waals surface area contributed by atoms with Gasteiger partial charge in [-0.05, 0) is 38.3 Å². The van der Waals surface area contributed by atoms with Crippen LogP contribution in [0.4, 0.5) is 0 Å². The highest BCUT2D eigenvalue weighted by atomic mass is 16.7. The van der Waals surface area contributed by atoms with Crippen molar-refractivity contribution in [3.05, 3.63) is 0 Å². The van der Waals surface area contributed by atoms with Crippen LogP contribution in [0.1, 0.15) is 46.0 Å². The Kier molecular flexibility index (Phi) is 4.65. The molecule has 2 aliphatic heterocycles. The molecule has 0 radical (unpaired) electrons. The summed E-state index contributed by atoms with van der Waals surface area (Å²) in [6.07, 6.45) is 5.81. The predicted molar refractivity (Wildman–Crippen MR) is 79.7 cm³/mol. The second-order valence-corrected chi connectivity index (χ2v) is 6.87. The van der Waals surface area contributed by atoms with Crippen LogP contribution in [0.3, 0.4) is 0 Å². The van der Waals surface area contributed by atoms with Gasteiger partial charge in [-0.1, -0.05) is 13.8 Å². The third-order valence-corrected chi connectivity index (χ3v) is 5.22. The third kappa shape index (κ3) is 3.03. The Morgan fingerprint density at radius 1 is 1.25 bits per heavy atom. The average molecular weight is 282 g/mol. The Morgan fingerprint density at radius 2 is 2.05 bits per heavy atom. The zero-order valence-electron chi connectivity index (χ0n) is 13.1. The molecule has 0 aromatic heterocycles. The molecule has 0 aromatic rings. The number of likely N-dealkylation sites (tertiary alicyclic amines) is 1. The first kappa shape index (κ1) is 14.8. The minimum atomic E-state index is -0.263. The van der Waals surface area contributed by atoms with E-state index in [9.17, 15) is 0 Å². The molecule has 0 amide bonds. The molecular weight excluding hydrogens is 252 g/mol. The minimum Gasteiger partial charge on any atom is -0.347 e. The number of ether oxygens (including phenoxy) is 2. The first-order chi connectivity index (χ1) is 9.72. The van der Waals surface area contributed by atoms with E-state index in [2.05, 4.69) is 24.1 Å². The topological polar surface area (TPSA) is 33.7 Å². The highest BCUT2D eigenvalue weighted by Gasteiger charge is 2.47. The van der Waals surface area contributed by atoms with Crippen molar-refractivity contribution in [2.45, 2.75) is 63.8 Å². The molecule has 3 rings (SSSR count). The molecule has 2 saturated heterocycles. The molecule has 1 saturated carbocycles. The number of hydrogen-bond acceptors (Lipinski definition) is 4. The zero-order valence-corrected chi connectivity index (χ0v) is 13.1. The highest BCUT2D eigenvalue weighted by Crippen LogP contribution is 2.39. The van der Waals surface area contributed by atoms with Crippen molar-refractivity contribution in [1.82, 2.24) is 10.2 Å². The van der Waals surface area contributed by atoms with E-state index in [-0.39, 0.29) is 5.79 Å². The fourth-order valence-corrected chi connectivity index (χ4v) is 4.11. The van der Waals surface area contributed by atoms with Crippen molar-refractivity contribution in [1.29, 1.82) is 0 Å². The van der Waals surface area contributed by atoms with Crippen molar-refractivity contribution in [3.63, 3.8) is 0 Å². The summed E-state index contributed by atoms with van der Waals surface area (Å²) >= 11 is 0. The Labute approximate surface area is 123 Å². The van der Waals surface area contributed by atoms with Crippen LogP contribution in [0.5, 0.6) is 0 Å². The molecule has 20 heavy (non-hydrogen) atoms. The average Bonchev–Trinajstić information content (AvgIpc) is 3.07. The molecule has 3 aliphatic rings. The summed E-state index contributed by atoms with van der Waals surface area (Å²) in [6.45, 7) is 9.77. The molecule has 1 N–H and O–H groups in total. The Balaban J connectivity index is 1.68. The molecule has 0 aromatic carbocycles. The van der Waals surface area contributed by atoms with Crippen LogP contribution in [-0.4, -0.2) is 55.6 Å². The van der Waals surface area contributed by atoms with E-state index in [1.165, 1.54) is 32.4 Å². The molecule has 3 atom stereocenters. The molecule has 3 unspecified atom stereocenters. The van der Waals surface area contributed by atoms with Crippen LogP contribution in [0.25, 0.3) is 0 Å². The van der Waals surface area contributed by atoms with Gasteiger partial charge >= 0.3 is 0 Å². The standard InChI is InChI=1S/C16H30N2O2/c1-3-7-17-14-4-6-16(19-9-10-20-16)11-15(14)18-8-5-13(2)12-18/h13-15,17H,3-12H2,1-2H3. The Bertz CT molecular complexity index is 318. The Hall–Kier alpha value is -0.160. The van der Waals surface area contributed by atoms with Gasteiger partial charge in [0.1, 0.15) is 0 Å². The van der Waals surface area contributed by atoms with Gasteiger partial charge in [0.15, 0.2) is 5.79 Å². The summed E-state index contributed by atoms with van der Waals surface area (Å²) in [5, 5.41) is 3.77. The maximum absolute atomic E-state index is 5.97. The molecule has 2 heterocycles. The van der Waals surface area contributed by atoms with Crippen molar-refractivity contribution >= 4 is 0 Å². The largest absolute Gasteiger partial charge is 0.347 e. The summed E-state index contributed by atoms with van der Waals surface area (Å²) in [5.41, 5.74) is 0. The lowest BCUT2D eigenvalue weighted by molar-refractivity contribution is -0.192. The van der Waals surface area contributed by atoms with Crippen molar-refractivity contribution < 1.29 is 9.47 Å². The second-order valence-electron chi connectivity index (χ2n) is 6.87. The van der Waals surface area contributed by atoms with Gasteiger partial charge in [-0.2, -0.15) is 0 Å². The Morgan fingerprint density at radius 3 is 2.70 bits per heavy atom. The van der Waals surface area contributed by atoms with Crippen LogP contribution in [0, 0.1) is 5.92 Å². The number of hydrogen-bond donors (Lipinski definition) is 1. The summed E-state index contributed by atoms with van der Waals surface area (Å²) in [6, 6.07) is 1.19. The van der Waals surface area contributed by atoms with E-state index in [0.29, 0.717) is 12.1 Å². The van der Waals surface area contributed by atoms with Crippen LogP contribution in [-0.2, 0) is 9.47 Å². The van der Waals surface area contributed by atoms with Gasteiger partial charge in [0.05, 0.1) is 13.2 Å². The first-order valence-electron chi connectivity index (χ1n) is 8.48. The molecule has 116 valence electrons. The molecule has 4 nitrogen and oxygen atoms in total. The fraction of sp³-hybridized carbons (Fsp3) is 1.00. The van der Waals surface area contributed by atoms with Gasteiger partial charge in [0.2, 0.25) is 0 Å². The maximum atomic E-state index is 5.97. The first-order valence-corrected chi connectivity index (χ1v) is 8.48. The van der Waals surface area contributed by atoms with Gasteiger partial charge in [-0.25, -0.2) is 0 Å². The van der Waals surface area contributed by atoms with E-state index in [0.717, 1.165) is 38.5 Å². The predicted octanol–water partition coefficient (Wildman–Crippen LogP) is 1.99. The van der Waals surface area contributed by atoms with E-state index >= 15 is 0 Å². The summed E-state index contributed by atoms with van der Waals surface area (Å²) in [5.74, 6) is 0.575. The normalized spacial score (nSPS) is 37.8. The fourth-order valence-electron chi connectivity index (χ4n) is 4.11. The van der Waals surface area contributed by atoms with E-state index in [4.69, 9.17) is 9.47 Å². The second kappa shape index (κ2) is 6.30. The van der Waals surface area contributed by atoms with Gasteiger partial charge < -0.3 is 14.8 Å². The van der Waals surface area contributed by atoms with Gasteiger partial charge in [-0.15, -0.1) is 0 Å². The molecule has 0 bridgehead atoms. The van der Waals surface area contributed by atoms with Crippen LogP contribution >= 0.6 is 0 Å². The van der Waals surface area contributed by atoms with Crippen LogP contribution < -0.4 is 5.32 Å². The lowest BCUT2D eigenvalue weighted by Crippen LogP contribution is -2.57. The van der Waals surface area contributed by atoms with Gasteiger partial charge in [0, 0.05) is 31.5 Å². The van der Waals surface area contributed by atoms with Crippen LogP contribution in [0.15, 0.2) is 0 Å². The lowest BCUT2D eigenvalue weighted by atomic mass is 9.84. The number of nitrogens with zero attached hydrogens (tertiary/aromatic N) is 1. The molecule has 4 heteroatoms. The van der Waals surface area contributed by atoms with Gasteiger partial charge in [0.25, 0.3) is 0 Å². The van der Waals surface area contributed by atoms with Crippen molar-refractivity contribution in [2.75, 3.05) is 32.8 Å².